The monoisotopic (exact) mass is 203 g/mol. The number of methoxy groups -OCH3 is 1. The normalized spacial score (nSPS) is 9.00. The number of hydrogen-bond donors (Lipinski definition) is 2. The van der Waals surface area contributed by atoms with Gasteiger partial charge in [0.1, 0.15) is 6.54 Å². The smallest absolute Gasteiger partial charge is 0.325 e. The Balaban J connectivity index is 3.56. The summed E-state index contributed by atoms with van der Waals surface area (Å²) in [4.78, 5) is 31.8. The lowest BCUT2D eigenvalue weighted by molar-refractivity contribution is -0.141. The fraction of sp³-hybridized carbons (Fsp3) is 0.571. The van der Waals surface area contributed by atoms with E-state index >= 15 is 0 Å². The number of ether oxygens (including phenoxy) is 1. The van der Waals surface area contributed by atoms with Crippen molar-refractivity contribution in [3.8, 4) is 0 Å². The van der Waals surface area contributed by atoms with Crippen molar-refractivity contribution in [3.05, 3.63) is 0 Å². The summed E-state index contributed by atoms with van der Waals surface area (Å²) in [6.45, 7) is -1.51. The van der Waals surface area contributed by atoms with Crippen molar-refractivity contribution >= 4 is 17.8 Å². The van der Waals surface area contributed by atoms with Crippen LogP contribution in [0.3, 0.4) is 0 Å². The Bertz CT molecular complexity index is 206. The molecule has 0 aromatic rings. The van der Waals surface area contributed by atoms with Crippen LogP contribution in [0.25, 0.3) is 0 Å². The van der Waals surface area contributed by atoms with E-state index < -0.39 is 24.4 Å². The molecule has 0 bridgehead atoms. The quantitative estimate of drug-likeness (QED) is 0.496. The Morgan fingerprint density at radius 2 is 1.64 bits per heavy atom. The highest BCUT2D eigenvalue weighted by Crippen LogP contribution is 1.71. The van der Waals surface area contributed by atoms with E-state index in [9.17, 15) is 19.5 Å². The van der Waals surface area contributed by atoms with Crippen LogP contribution < -0.4 is 10.6 Å². The van der Waals surface area contributed by atoms with Gasteiger partial charge in [0.25, 0.3) is 0 Å². The van der Waals surface area contributed by atoms with E-state index in [1.807, 2.05) is 0 Å². The molecule has 0 aliphatic carbocycles. The highest BCUT2D eigenvalue weighted by molar-refractivity contribution is 5.87. The summed E-state index contributed by atoms with van der Waals surface area (Å²) >= 11 is 0. The van der Waals surface area contributed by atoms with Gasteiger partial charge in [0, 0.05) is 0 Å². The summed E-state index contributed by atoms with van der Waals surface area (Å²) in [6.07, 6.45) is 0. The second-order valence-electron chi connectivity index (χ2n) is 2.27. The lowest BCUT2D eigenvalue weighted by Gasteiger charge is -2.03. The van der Waals surface area contributed by atoms with Crippen LogP contribution in [0.1, 0.15) is 0 Å². The molecule has 1 radical (unpaired) electrons. The number of carbonyl (C=O) groups is 3. The Hall–Kier alpha value is -1.63. The van der Waals surface area contributed by atoms with E-state index in [1.165, 1.54) is 7.11 Å². The summed E-state index contributed by atoms with van der Waals surface area (Å²) in [5.41, 5.74) is 0. The summed E-state index contributed by atoms with van der Waals surface area (Å²) in [6, 6.07) is 0. The SMILES string of the molecule is COC(=O)CNC(=O)CNC(=O)C[O]. The topological polar surface area (TPSA) is 104 Å². The van der Waals surface area contributed by atoms with Crippen LogP contribution in [-0.4, -0.2) is 44.6 Å². The average molecular weight is 203 g/mol. The molecule has 0 unspecified atom stereocenters. The molecule has 0 saturated heterocycles. The first-order valence-corrected chi connectivity index (χ1v) is 3.78. The molecule has 79 valence electrons. The minimum absolute atomic E-state index is 0.261. The Kier molecular flexibility index (Phi) is 6.04. The van der Waals surface area contributed by atoms with Crippen LogP contribution in [-0.2, 0) is 24.2 Å². The van der Waals surface area contributed by atoms with Crippen molar-refractivity contribution in [2.45, 2.75) is 0 Å². The van der Waals surface area contributed by atoms with Gasteiger partial charge in [-0.3, -0.25) is 14.4 Å². The molecule has 0 aromatic carbocycles. The third-order valence-electron chi connectivity index (χ3n) is 1.23. The zero-order chi connectivity index (χ0) is 11.0. The molecule has 0 aliphatic heterocycles. The lowest BCUT2D eigenvalue weighted by Crippen LogP contribution is -2.39. The van der Waals surface area contributed by atoms with Gasteiger partial charge in [-0.15, -0.1) is 0 Å². The molecule has 2 N–H and O–H groups in total. The average Bonchev–Trinajstić information content (AvgIpc) is 2.22. The molecule has 14 heavy (non-hydrogen) atoms. The van der Waals surface area contributed by atoms with Gasteiger partial charge in [0.2, 0.25) is 11.8 Å². The number of rotatable bonds is 5. The highest BCUT2D eigenvalue weighted by Gasteiger charge is 2.06. The van der Waals surface area contributed by atoms with Gasteiger partial charge in [0.15, 0.2) is 6.61 Å². The summed E-state index contributed by atoms with van der Waals surface area (Å²) in [7, 11) is 1.19. The van der Waals surface area contributed by atoms with Gasteiger partial charge in [0.05, 0.1) is 13.7 Å². The second kappa shape index (κ2) is 6.84. The van der Waals surface area contributed by atoms with E-state index in [-0.39, 0.29) is 13.1 Å². The van der Waals surface area contributed by atoms with Gasteiger partial charge >= 0.3 is 5.97 Å². The van der Waals surface area contributed by atoms with Gasteiger partial charge in [-0.1, -0.05) is 0 Å². The minimum Gasteiger partial charge on any atom is -0.468 e. The molecule has 0 spiro atoms. The van der Waals surface area contributed by atoms with E-state index in [0.29, 0.717) is 0 Å². The first-order valence-electron chi connectivity index (χ1n) is 3.78. The molecule has 0 saturated carbocycles. The fourth-order valence-corrected chi connectivity index (χ4v) is 0.535. The van der Waals surface area contributed by atoms with Crippen LogP contribution in [0.4, 0.5) is 0 Å². The molecule has 0 aliphatic rings. The predicted octanol–water partition coefficient (Wildman–Crippen LogP) is -2.18. The maximum atomic E-state index is 10.8. The lowest BCUT2D eigenvalue weighted by atomic mass is 10.5. The predicted molar refractivity (Wildman–Crippen MR) is 43.6 cm³/mol. The highest BCUT2D eigenvalue weighted by atomic mass is 16.5. The fourth-order valence-electron chi connectivity index (χ4n) is 0.535. The second-order valence-corrected chi connectivity index (χ2v) is 2.27. The van der Waals surface area contributed by atoms with Gasteiger partial charge in [-0.05, 0) is 0 Å². The van der Waals surface area contributed by atoms with Crippen LogP contribution >= 0.6 is 0 Å². The molecule has 0 aromatic heterocycles. The molecule has 7 heteroatoms. The molecule has 0 rings (SSSR count). The Morgan fingerprint density at radius 3 is 2.14 bits per heavy atom. The molecule has 0 fully saturated rings. The van der Waals surface area contributed by atoms with Gasteiger partial charge in [-0.25, -0.2) is 5.11 Å². The van der Waals surface area contributed by atoms with Crippen LogP contribution in [0.5, 0.6) is 0 Å². The van der Waals surface area contributed by atoms with Gasteiger partial charge < -0.3 is 15.4 Å². The van der Waals surface area contributed by atoms with Crippen molar-refractivity contribution in [2.24, 2.45) is 0 Å². The number of esters is 1. The molecule has 7 nitrogen and oxygen atoms in total. The largest absolute Gasteiger partial charge is 0.468 e. The van der Waals surface area contributed by atoms with Crippen molar-refractivity contribution < 1.29 is 24.2 Å². The third-order valence-corrected chi connectivity index (χ3v) is 1.23. The number of hydrogen-bond acceptors (Lipinski definition) is 4. The third kappa shape index (κ3) is 5.95. The molecule has 0 heterocycles. The maximum Gasteiger partial charge on any atom is 0.325 e. The van der Waals surface area contributed by atoms with E-state index in [4.69, 9.17) is 0 Å². The summed E-state index contributed by atoms with van der Waals surface area (Å²) in [5.74, 6) is -1.91. The first-order chi connectivity index (χ1) is 6.60. The zero-order valence-corrected chi connectivity index (χ0v) is 7.66. The maximum absolute atomic E-state index is 10.8. The van der Waals surface area contributed by atoms with Crippen molar-refractivity contribution in [3.63, 3.8) is 0 Å². The van der Waals surface area contributed by atoms with Gasteiger partial charge in [-0.2, -0.15) is 0 Å². The van der Waals surface area contributed by atoms with Crippen LogP contribution in [0.2, 0.25) is 0 Å². The Morgan fingerprint density at radius 1 is 1.07 bits per heavy atom. The zero-order valence-electron chi connectivity index (χ0n) is 7.66. The standard InChI is InChI=1S/C7H11N2O5/c1-14-7(13)3-9-5(11)2-8-6(12)4-10/h2-4H2,1H3,(H,8,12)(H,9,11). The molecular formula is C7H11N2O5. The summed E-state index contributed by atoms with van der Waals surface area (Å²) < 4.78 is 4.26. The first kappa shape index (κ1) is 12.4. The van der Waals surface area contributed by atoms with E-state index in [0.717, 1.165) is 0 Å². The summed E-state index contributed by atoms with van der Waals surface area (Å²) in [5, 5.41) is 14.2. The Labute approximate surface area is 80.4 Å². The minimum atomic E-state index is -0.926. The van der Waals surface area contributed by atoms with Crippen molar-refractivity contribution in [1.29, 1.82) is 0 Å². The number of amides is 2. The van der Waals surface area contributed by atoms with E-state index in [2.05, 4.69) is 15.4 Å². The number of nitrogens with one attached hydrogen (secondary N) is 2. The molecular weight excluding hydrogens is 192 g/mol. The van der Waals surface area contributed by atoms with E-state index in [1.54, 1.807) is 0 Å². The molecule has 2 amide bonds. The van der Waals surface area contributed by atoms with Crippen molar-refractivity contribution in [1.82, 2.24) is 10.6 Å². The number of carbonyl (C=O) groups excluding carboxylic acids is 3. The van der Waals surface area contributed by atoms with Crippen LogP contribution in [0, 0.1) is 0 Å². The van der Waals surface area contributed by atoms with Crippen LogP contribution in [0.15, 0.2) is 0 Å². The molecule has 0 atom stereocenters. The van der Waals surface area contributed by atoms with Crippen molar-refractivity contribution in [2.75, 3.05) is 26.8 Å².